The molecule has 1 aliphatic heterocycles. The van der Waals surface area contributed by atoms with Gasteiger partial charge in [0.1, 0.15) is 0 Å². The summed E-state index contributed by atoms with van der Waals surface area (Å²) in [6.45, 7) is 11.7. The first-order chi connectivity index (χ1) is 6.36. The highest BCUT2D eigenvalue weighted by molar-refractivity contribution is 5.08. The van der Waals surface area contributed by atoms with E-state index in [1.807, 2.05) is 0 Å². The molecule has 1 nitrogen and oxygen atoms in total. The van der Waals surface area contributed by atoms with Crippen molar-refractivity contribution in [3.05, 3.63) is 0 Å². The van der Waals surface area contributed by atoms with Crippen molar-refractivity contribution in [2.45, 2.75) is 65.6 Å². The van der Waals surface area contributed by atoms with Gasteiger partial charge in [0.2, 0.25) is 0 Å². The largest absolute Gasteiger partial charge is 0.371 e. The van der Waals surface area contributed by atoms with Gasteiger partial charge in [-0.2, -0.15) is 0 Å². The summed E-state index contributed by atoms with van der Waals surface area (Å²) in [7, 11) is 0. The number of fused-ring (bicyclic) bond motifs is 2. The minimum absolute atomic E-state index is 0.189. The van der Waals surface area contributed by atoms with E-state index in [9.17, 15) is 0 Å². The van der Waals surface area contributed by atoms with Crippen LogP contribution in [0.15, 0.2) is 0 Å². The Balaban J connectivity index is 2.13. The summed E-state index contributed by atoms with van der Waals surface area (Å²) < 4.78 is 6.27. The first-order valence-corrected chi connectivity index (χ1v) is 6.03. The Morgan fingerprint density at radius 3 is 2.36 bits per heavy atom. The molecule has 1 aliphatic carbocycles. The van der Waals surface area contributed by atoms with E-state index >= 15 is 0 Å². The Labute approximate surface area is 88.2 Å². The van der Waals surface area contributed by atoms with E-state index in [0.29, 0.717) is 11.5 Å². The summed E-state index contributed by atoms with van der Waals surface area (Å²) >= 11 is 0. The van der Waals surface area contributed by atoms with Crippen LogP contribution in [0.25, 0.3) is 0 Å². The van der Waals surface area contributed by atoms with Gasteiger partial charge < -0.3 is 4.74 Å². The molecule has 4 atom stereocenters. The highest BCUT2D eigenvalue weighted by Gasteiger charge is 2.59. The first-order valence-electron chi connectivity index (χ1n) is 6.03. The number of ether oxygens (including phenoxy) is 1. The van der Waals surface area contributed by atoms with Gasteiger partial charge in [-0.3, -0.25) is 0 Å². The normalized spacial score (nSPS) is 51.9. The summed E-state index contributed by atoms with van der Waals surface area (Å²) in [5.41, 5.74) is 0.659. The van der Waals surface area contributed by atoms with Crippen molar-refractivity contribution >= 4 is 0 Å². The molecule has 1 saturated heterocycles. The molecular formula is C13H24O. The topological polar surface area (TPSA) is 9.23 Å². The molecule has 82 valence electrons. The third-order valence-corrected chi connectivity index (χ3v) is 4.44. The van der Waals surface area contributed by atoms with Crippen molar-refractivity contribution in [2.75, 3.05) is 0 Å². The van der Waals surface area contributed by atoms with Crippen LogP contribution >= 0.6 is 0 Å². The van der Waals surface area contributed by atoms with Crippen LogP contribution in [0, 0.1) is 17.3 Å². The van der Waals surface area contributed by atoms with Crippen LogP contribution in [0.4, 0.5) is 0 Å². The van der Waals surface area contributed by atoms with Crippen molar-refractivity contribution in [3.63, 3.8) is 0 Å². The van der Waals surface area contributed by atoms with Crippen molar-refractivity contribution in [3.8, 4) is 0 Å². The lowest BCUT2D eigenvalue weighted by Gasteiger charge is -2.37. The van der Waals surface area contributed by atoms with Gasteiger partial charge in [-0.25, -0.2) is 0 Å². The van der Waals surface area contributed by atoms with E-state index < -0.39 is 0 Å². The molecule has 2 rings (SSSR count). The Hall–Kier alpha value is -0.0400. The molecule has 2 aliphatic rings. The standard InChI is InChI=1S/C13H24O/c1-9(2)6-11-12(4)7-10(3)13(5,8-12)14-11/h9-11H,6-8H2,1-5H3. The SMILES string of the molecule is CC(C)CC1OC2(C)CC1(C)CC2C. The number of hydrogen-bond donors (Lipinski definition) is 0. The molecule has 1 heteroatoms. The Morgan fingerprint density at radius 1 is 1.36 bits per heavy atom. The molecule has 0 spiro atoms. The van der Waals surface area contributed by atoms with Gasteiger partial charge in [0.15, 0.2) is 0 Å². The lowest BCUT2D eigenvalue weighted by atomic mass is 9.79. The van der Waals surface area contributed by atoms with Crippen LogP contribution < -0.4 is 0 Å². The third kappa shape index (κ3) is 1.41. The maximum atomic E-state index is 6.27. The van der Waals surface area contributed by atoms with E-state index in [-0.39, 0.29) is 5.60 Å². The molecule has 2 bridgehead atoms. The zero-order valence-corrected chi connectivity index (χ0v) is 10.3. The second-order valence-electron chi connectivity index (χ2n) is 6.48. The average molecular weight is 196 g/mol. The monoisotopic (exact) mass is 196 g/mol. The first kappa shape index (κ1) is 10.5. The third-order valence-electron chi connectivity index (χ3n) is 4.44. The van der Waals surface area contributed by atoms with E-state index in [1.165, 1.54) is 19.3 Å². The molecule has 0 aromatic heterocycles. The summed E-state index contributed by atoms with van der Waals surface area (Å²) in [6, 6.07) is 0. The molecule has 0 amide bonds. The number of rotatable bonds is 2. The van der Waals surface area contributed by atoms with Gasteiger partial charge in [-0.15, -0.1) is 0 Å². The van der Waals surface area contributed by atoms with Gasteiger partial charge in [0.25, 0.3) is 0 Å². The van der Waals surface area contributed by atoms with Crippen LogP contribution in [0.3, 0.4) is 0 Å². The zero-order chi connectivity index (χ0) is 10.6. The van der Waals surface area contributed by atoms with Crippen LogP contribution in [-0.4, -0.2) is 11.7 Å². The predicted molar refractivity (Wildman–Crippen MR) is 59.2 cm³/mol. The lowest BCUT2D eigenvalue weighted by molar-refractivity contribution is -0.111. The number of hydrogen-bond acceptors (Lipinski definition) is 1. The molecule has 1 saturated carbocycles. The molecule has 0 aromatic rings. The zero-order valence-electron chi connectivity index (χ0n) is 10.3. The minimum Gasteiger partial charge on any atom is -0.371 e. The molecule has 1 heterocycles. The van der Waals surface area contributed by atoms with Gasteiger partial charge in [0, 0.05) is 0 Å². The summed E-state index contributed by atoms with van der Waals surface area (Å²) in [5.74, 6) is 1.51. The van der Waals surface area contributed by atoms with Crippen molar-refractivity contribution in [1.82, 2.24) is 0 Å². The second-order valence-corrected chi connectivity index (χ2v) is 6.48. The molecular weight excluding hydrogens is 172 g/mol. The summed E-state index contributed by atoms with van der Waals surface area (Å²) in [4.78, 5) is 0. The highest BCUT2D eigenvalue weighted by atomic mass is 16.5. The quantitative estimate of drug-likeness (QED) is 0.655. The van der Waals surface area contributed by atoms with E-state index in [1.54, 1.807) is 0 Å². The lowest BCUT2D eigenvalue weighted by Crippen LogP contribution is -2.38. The minimum atomic E-state index is 0.189. The Kier molecular flexibility index (Phi) is 2.23. The fourth-order valence-electron chi connectivity index (χ4n) is 3.59. The van der Waals surface area contributed by atoms with Gasteiger partial charge in [-0.1, -0.05) is 27.7 Å². The van der Waals surface area contributed by atoms with Crippen LogP contribution in [0.1, 0.15) is 53.9 Å². The van der Waals surface area contributed by atoms with Crippen LogP contribution in [-0.2, 0) is 4.74 Å². The van der Waals surface area contributed by atoms with Crippen molar-refractivity contribution in [1.29, 1.82) is 0 Å². The molecule has 4 unspecified atom stereocenters. The Bertz CT molecular complexity index is 235. The summed E-state index contributed by atoms with van der Waals surface area (Å²) in [6.07, 6.45) is 4.39. The molecule has 14 heavy (non-hydrogen) atoms. The fraction of sp³-hybridized carbons (Fsp3) is 1.00. The molecule has 0 aromatic carbocycles. The maximum absolute atomic E-state index is 6.27. The molecule has 2 fully saturated rings. The van der Waals surface area contributed by atoms with E-state index in [4.69, 9.17) is 4.74 Å². The molecule has 0 radical (unpaired) electrons. The summed E-state index contributed by atoms with van der Waals surface area (Å²) in [5, 5.41) is 0. The van der Waals surface area contributed by atoms with E-state index in [0.717, 1.165) is 11.8 Å². The van der Waals surface area contributed by atoms with Crippen LogP contribution in [0.2, 0.25) is 0 Å². The van der Waals surface area contributed by atoms with Gasteiger partial charge in [-0.05, 0) is 43.4 Å². The maximum Gasteiger partial charge on any atom is 0.0690 e. The molecule has 0 N–H and O–H groups in total. The van der Waals surface area contributed by atoms with Crippen molar-refractivity contribution < 1.29 is 4.74 Å². The van der Waals surface area contributed by atoms with Gasteiger partial charge >= 0.3 is 0 Å². The van der Waals surface area contributed by atoms with E-state index in [2.05, 4.69) is 34.6 Å². The fourth-order valence-corrected chi connectivity index (χ4v) is 3.59. The second kappa shape index (κ2) is 2.98. The Morgan fingerprint density at radius 2 is 2.00 bits per heavy atom. The highest BCUT2D eigenvalue weighted by Crippen LogP contribution is 2.60. The smallest absolute Gasteiger partial charge is 0.0690 e. The van der Waals surface area contributed by atoms with Crippen LogP contribution in [0.5, 0.6) is 0 Å². The van der Waals surface area contributed by atoms with Gasteiger partial charge in [0.05, 0.1) is 11.7 Å². The predicted octanol–water partition coefficient (Wildman–Crippen LogP) is 3.63. The average Bonchev–Trinajstić information content (AvgIpc) is 2.33. The van der Waals surface area contributed by atoms with Crippen molar-refractivity contribution in [2.24, 2.45) is 17.3 Å².